The largest absolute Gasteiger partial charge is 0.478 e. The number of ether oxygens (including phenoxy) is 1. The van der Waals surface area contributed by atoms with Crippen LogP contribution in [0, 0.1) is 0 Å². The summed E-state index contributed by atoms with van der Waals surface area (Å²) in [6, 6.07) is 11.8. The highest BCUT2D eigenvalue weighted by molar-refractivity contribution is 5.75. The van der Waals surface area contributed by atoms with Crippen LogP contribution in [-0.4, -0.2) is 17.4 Å². The molecule has 0 aliphatic carbocycles. The van der Waals surface area contributed by atoms with E-state index < -0.39 is 12.1 Å². The van der Waals surface area contributed by atoms with Crippen LogP contribution >= 0.6 is 0 Å². The van der Waals surface area contributed by atoms with E-state index in [0.29, 0.717) is 24.2 Å². The van der Waals surface area contributed by atoms with Crippen LogP contribution in [0.25, 0.3) is 0 Å². The van der Waals surface area contributed by atoms with Crippen LogP contribution in [0.2, 0.25) is 0 Å². The van der Waals surface area contributed by atoms with Crippen LogP contribution in [0.3, 0.4) is 0 Å². The number of benzene rings is 2. The van der Waals surface area contributed by atoms with Gasteiger partial charge in [-0.3, -0.25) is 0 Å². The SMILES string of the molecule is CCCc1ccc(C(Oc2c(CCC)cc(CCC=O)cc2CCC)C(=O)O)cc1. The smallest absolute Gasteiger partial charge is 0.349 e. The summed E-state index contributed by atoms with van der Waals surface area (Å²) in [6.45, 7) is 6.32. The summed E-state index contributed by atoms with van der Waals surface area (Å²) in [7, 11) is 0. The zero-order chi connectivity index (χ0) is 21.9. The molecule has 1 atom stereocenters. The Morgan fingerprint density at radius 2 is 1.47 bits per heavy atom. The molecule has 0 fully saturated rings. The second-order valence-electron chi connectivity index (χ2n) is 7.78. The fourth-order valence-electron chi connectivity index (χ4n) is 3.78. The fourth-order valence-corrected chi connectivity index (χ4v) is 3.78. The zero-order valence-electron chi connectivity index (χ0n) is 18.4. The Balaban J connectivity index is 2.44. The van der Waals surface area contributed by atoms with Crippen molar-refractivity contribution in [3.8, 4) is 5.75 Å². The Bertz CT molecular complexity index is 796. The molecule has 162 valence electrons. The van der Waals surface area contributed by atoms with Crippen molar-refractivity contribution in [1.82, 2.24) is 0 Å². The maximum atomic E-state index is 12.1. The van der Waals surface area contributed by atoms with Gasteiger partial charge in [0.05, 0.1) is 0 Å². The standard InChI is InChI=1S/C26H34O4/c1-4-8-19-12-14-21(15-13-19)25(26(28)29)30-24-22(9-5-2)17-20(11-7-16-27)18-23(24)10-6-3/h12-18,25H,4-11H2,1-3H3,(H,28,29). The number of carbonyl (C=O) groups excluding carboxylic acids is 1. The van der Waals surface area contributed by atoms with Crippen molar-refractivity contribution in [2.24, 2.45) is 0 Å². The predicted octanol–water partition coefficient (Wildman–Crippen LogP) is 5.88. The molecule has 30 heavy (non-hydrogen) atoms. The number of aldehydes is 1. The van der Waals surface area contributed by atoms with Gasteiger partial charge in [-0.25, -0.2) is 4.79 Å². The number of carboxylic acid groups (broad SMARTS) is 1. The lowest BCUT2D eigenvalue weighted by molar-refractivity contribution is -0.145. The second-order valence-corrected chi connectivity index (χ2v) is 7.78. The number of carboxylic acids is 1. The Morgan fingerprint density at radius 3 is 1.93 bits per heavy atom. The number of hydrogen-bond acceptors (Lipinski definition) is 3. The highest BCUT2D eigenvalue weighted by Crippen LogP contribution is 2.33. The van der Waals surface area contributed by atoms with Crippen LogP contribution in [0.5, 0.6) is 5.75 Å². The molecular formula is C26H34O4. The van der Waals surface area contributed by atoms with Crippen LogP contribution in [0.1, 0.15) is 80.4 Å². The fraction of sp³-hybridized carbons (Fsp3) is 0.462. The molecule has 0 aliphatic heterocycles. The second kappa shape index (κ2) is 12.2. The maximum absolute atomic E-state index is 12.1. The molecule has 0 bridgehead atoms. The van der Waals surface area contributed by atoms with E-state index in [9.17, 15) is 14.7 Å². The van der Waals surface area contributed by atoms with E-state index in [0.717, 1.165) is 61.5 Å². The third-order valence-electron chi connectivity index (χ3n) is 5.17. The summed E-state index contributed by atoms with van der Waals surface area (Å²) in [4.78, 5) is 22.9. The van der Waals surface area contributed by atoms with Gasteiger partial charge >= 0.3 is 5.97 Å². The summed E-state index contributed by atoms with van der Waals surface area (Å²) in [5.74, 6) is -0.299. The van der Waals surface area contributed by atoms with Crippen LogP contribution in [0.15, 0.2) is 36.4 Å². The Hall–Kier alpha value is -2.62. The van der Waals surface area contributed by atoms with Crippen LogP contribution < -0.4 is 4.74 Å². The molecule has 4 heteroatoms. The predicted molar refractivity (Wildman–Crippen MR) is 120 cm³/mol. The monoisotopic (exact) mass is 410 g/mol. The summed E-state index contributed by atoms with van der Waals surface area (Å²) < 4.78 is 6.22. The molecule has 0 aliphatic rings. The molecule has 0 spiro atoms. The lowest BCUT2D eigenvalue weighted by atomic mass is 9.96. The van der Waals surface area contributed by atoms with Gasteiger partial charge in [0.15, 0.2) is 0 Å². The van der Waals surface area contributed by atoms with Crippen molar-refractivity contribution in [1.29, 1.82) is 0 Å². The quantitative estimate of drug-likeness (QED) is 0.419. The third-order valence-corrected chi connectivity index (χ3v) is 5.17. The third kappa shape index (κ3) is 6.45. The molecule has 2 aromatic rings. The van der Waals surface area contributed by atoms with Gasteiger partial charge in [0.25, 0.3) is 0 Å². The van der Waals surface area contributed by atoms with Crippen molar-refractivity contribution in [2.45, 2.75) is 78.2 Å². The first-order valence-electron chi connectivity index (χ1n) is 11.1. The molecule has 2 rings (SSSR count). The summed E-state index contributed by atoms with van der Waals surface area (Å²) in [6.07, 6.45) is 6.57. The van der Waals surface area contributed by atoms with E-state index in [4.69, 9.17) is 4.74 Å². The molecule has 0 amide bonds. The minimum absolute atomic E-state index is 0.485. The first-order valence-corrected chi connectivity index (χ1v) is 11.1. The number of carbonyl (C=O) groups is 2. The maximum Gasteiger partial charge on any atom is 0.349 e. The van der Waals surface area contributed by atoms with Gasteiger partial charge in [-0.05, 0) is 47.9 Å². The Kier molecular flexibility index (Phi) is 9.59. The summed E-state index contributed by atoms with van der Waals surface area (Å²) in [5.41, 5.74) is 5.01. The molecule has 0 saturated heterocycles. The minimum Gasteiger partial charge on any atom is -0.478 e. The normalized spacial score (nSPS) is 11.8. The van der Waals surface area contributed by atoms with E-state index >= 15 is 0 Å². The van der Waals surface area contributed by atoms with Crippen LogP contribution in [0.4, 0.5) is 0 Å². The van der Waals surface area contributed by atoms with Crippen molar-refractivity contribution < 1.29 is 19.4 Å². The van der Waals surface area contributed by atoms with Crippen molar-refractivity contribution in [2.75, 3.05) is 0 Å². The molecule has 0 radical (unpaired) electrons. The van der Waals surface area contributed by atoms with E-state index in [-0.39, 0.29) is 0 Å². The first-order chi connectivity index (χ1) is 14.5. The lowest BCUT2D eigenvalue weighted by Crippen LogP contribution is -2.20. The number of hydrogen-bond donors (Lipinski definition) is 1. The topological polar surface area (TPSA) is 63.6 Å². The molecule has 4 nitrogen and oxygen atoms in total. The molecular weight excluding hydrogens is 376 g/mol. The first kappa shape index (κ1) is 23.7. The number of rotatable bonds is 13. The lowest BCUT2D eigenvalue weighted by Gasteiger charge is -2.22. The van der Waals surface area contributed by atoms with Crippen molar-refractivity contribution in [3.05, 3.63) is 64.2 Å². The van der Waals surface area contributed by atoms with E-state index in [1.54, 1.807) is 0 Å². The minimum atomic E-state index is -1.05. The van der Waals surface area contributed by atoms with Gasteiger partial charge in [0.1, 0.15) is 12.0 Å². The van der Waals surface area contributed by atoms with Crippen molar-refractivity contribution >= 4 is 12.3 Å². The van der Waals surface area contributed by atoms with Crippen LogP contribution in [-0.2, 0) is 35.3 Å². The molecule has 2 aromatic carbocycles. The highest BCUT2D eigenvalue weighted by atomic mass is 16.5. The van der Waals surface area contributed by atoms with Gasteiger partial charge in [-0.1, -0.05) is 76.4 Å². The average Bonchev–Trinajstić information content (AvgIpc) is 2.73. The van der Waals surface area contributed by atoms with Gasteiger partial charge in [0, 0.05) is 12.0 Å². The van der Waals surface area contributed by atoms with Gasteiger partial charge in [0.2, 0.25) is 6.10 Å². The van der Waals surface area contributed by atoms with Gasteiger partial charge in [-0.15, -0.1) is 0 Å². The average molecular weight is 411 g/mol. The summed E-state index contributed by atoms with van der Waals surface area (Å²) in [5, 5.41) is 9.91. The van der Waals surface area contributed by atoms with E-state index in [2.05, 4.69) is 32.9 Å². The Labute approximate surface area is 180 Å². The Morgan fingerprint density at radius 1 is 0.900 bits per heavy atom. The summed E-state index contributed by atoms with van der Waals surface area (Å²) >= 11 is 0. The van der Waals surface area contributed by atoms with E-state index in [1.165, 1.54) is 5.56 Å². The molecule has 0 heterocycles. The number of aliphatic carboxylic acids is 1. The molecule has 1 unspecified atom stereocenters. The van der Waals surface area contributed by atoms with Gasteiger partial charge in [-0.2, -0.15) is 0 Å². The molecule has 1 N–H and O–H groups in total. The molecule has 0 aromatic heterocycles. The zero-order valence-corrected chi connectivity index (χ0v) is 18.4. The molecule has 0 saturated carbocycles. The van der Waals surface area contributed by atoms with E-state index in [1.807, 2.05) is 24.3 Å². The van der Waals surface area contributed by atoms with Gasteiger partial charge < -0.3 is 14.6 Å². The number of aryl methyl sites for hydroxylation is 4. The highest BCUT2D eigenvalue weighted by Gasteiger charge is 2.25. The van der Waals surface area contributed by atoms with Crippen molar-refractivity contribution in [3.63, 3.8) is 0 Å².